The number of benzene rings is 2. The first-order chi connectivity index (χ1) is 14.0. The van der Waals surface area contributed by atoms with Gasteiger partial charge in [0.25, 0.3) is 0 Å². The minimum absolute atomic E-state index is 0.0609. The van der Waals surface area contributed by atoms with Crippen molar-refractivity contribution in [3.8, 4) is 0 Å². The summed E-state index contributed by atoms with van der Waals surface area (Å²) >= 11 is 1.96. The molecule has 2 aromatic rings. The molecule has 0 heterocycles. The number of aliphatic hydroxyl groups is 2. The molecule has 1 fully saturated rings. The third-order valence-corrected chi connectivity index (χ3v) is 7.80. The molecule has 0 bridgehead atoms. The molecule has 1 aliphatic carbocycles. The Morgan fingerprint density at radius 1 is 1.27 bits per heavy atom. The molecule has 7 nitrogen and oxygen atoms in total. The van der Waals surface area contributed by atoms with Gasteiger partial charge in [0, 0.05) is 21.7 Å². The van der Waals surface area contributed by atoms with Gasteiger partial charge in [-0.2, -0.15) is 0 Å². The summed E-state index contributed by atoms with van der Waals surface area (Å²) in [5.41, 5.74) is 6.78. The van der Waals surface area contributed by atoms with Crippen molar-refractivity contribution in [1.82, 2.24) is 0 Å². The molecule has 1 aliphatic rings. The average Bonchev–Trinajstić information content (AvgIpc) is 3.38. The topological polar surface area (TPSA) is 139 Å². The maximum atomic E-state index is 14.4. The summed E-state index contributed by atoms with van der Waals surface area (Å²) in [6.07, 6.45) is -1.52. The largest absolute Gasteiger partial charge is 0.394 e. The molecule has 0 aromatic heterocycles. The van der Waals surface area contributed by atoms with Crippen LogP contribution in [0.3, 0.4) is 0 Å². The first kappa shape index (κ1) is 23.3. The molecule has 3 atom stereocenters. The van der Waals surface area contributed by atoms with Crippen LogP contribution in [-0.4, -0.2) is 36.1 Å². The zero-order valence-electron chi connectivity index (χ0n) is 15.8. The minimum Gasteiger partial charge on any atom is -0.394 e. The van der Waals surface area contributed by atoms with E-state index in [2.05, 4.69) is 5.32 Å². The lowest BCUT2D eigenvalue weighted by Crippen LogP contribution is -2.36. The number of sulfonamides is 1. The van der Waals surface area contributed by atoms with E-state index < -0.39 is 45.0 Å². The number of hydrogen-bond acceptors (Lipinski definition) is 6. The summed E-state index contributed by atoms with van der Waals surface area (Å²) in [5.74, 6) is -1.89. The Labute approximate surface area is 186 Å². The molecule has 30 heavy (non-hydrogen) atoms. The highest BCUT2D eigenvalue weighted by Gasteiger charge is 2.64. The molecule has 0 spiro atoms. The smallest absolute Gasteiger partial charge is 0.215 e. The van der Waals surface area contributed by atoms with E-state index >= 15 is 0 Å². The van der Waals surface area contributed by atoms with Crippen LogP contribution < -0.4 is 16.2 Å². The lowest BCUT2D eigenvalue weighted by molar-refractivity contribution is 0.0853. The van der Waals surface area contributed by atoms with Gasteiger partial charge in [0.05, 0.1) is 23.1 Å². The van der Waals surface area contributed by atoms with Crippen molar-refractivity contribution in [3.05, 3.63) is 56.7 Å². The van der Waals surface area contributed by atoms with Crippen molar-refractivity contribution < 1.29 is 27.4 Å². The highest BCUT2D eigenvalue weighted by atomic mass is 127. The van der Waals surface area contributed by atoms with Gasteiger partial charge in [0.2, 0.25) is 10.0 Å². The van der Waals surface area contributed by atoms with Gasteiger partial charge in [-0.05, 0) is 76.9 Å². The van der Waals surface area contributed by atoms with Crippen LogP contribution in [0.15, 0.2) is 30.3 Å². The van der Waals surface area contributed by atoms with E-state index in [1.165, 1.54) is 18.2 Å². The maximum Gasteiger partial charge on any atom is 0.215 e. The van der Waals surface area contributed by atoms with Gasteiger partial charge >= 0.3 is 0 Å². The Kier molecular flexibility index (Phi) is 6.70. The maximum absolute atomic E-state index is 14.4. The van der Waals surface area contributed by atoms with E-state index in [0.29, 0.717) is 14.7 Å². The minimum atomic E-state index is -4.14. The van der Waals surface area contributed by atoms with Gasteiger partial charge in [-0.15, -0.1) is 0 Å². The highest BCUT2D eigenvalue weighted by Crippen LogP contribution is 2.61. The molecular formula is C19H22F2IN3O4S. The van der Waals surface area contributed by atoms with E-state index in [1.54, 1.807) is 6.07 Å². The first-order valence-electron chi connectivity index (χ1n) is 9.08. The lowest BCUT2D eigenvalue weighted by atomic mass is 9.97. The van der Waals surface area contributed by atoms with E-state index in [1.807, 2.05) is 22.6 Å². The van der Waals surface area contributed by atoms with Gasteiger partial charge in [-0.3, -0.25) is 0 Å². The molecule has 2 aromatic carbocycles. The first-order valence-corrected chi connectivity index (χ1v) is 11.7. The average molecular weight is 553 g/mol. The third kappa shape index (κ3) is 4.46. The van der Waals surface area contributed by atoms with Gasteiger partial charge in [0.15, 0.2) is 0 Å². The second kappa shape index (κ2) is 8.63. The van der Waals surface area contributed by atoms with Gasteiger partial charge < -0.3 is 21.3 Å². The fraction of sp³-hybridized carbons (Fsp3) is 0.368. The number of rotatable bonds is 8. The van der Waals surface area contributed by atoms with E-state index in [9.17, 15) is 27.4 Å². The monoisotopic (exact) mass is 553 g/mol. The predicted molar refractivity (Wildman–Crippen MR) is 118 cm³/mol. The van der Waals surface area contributed by atoms with Crippen LogP contribution in [0.4, 0.5) is 20.2 Å². The molecule has 0 saturated heterocycles. The van der Waals surface area contributed by atoms with Crippen LogP contribution in [0.25, 0.3) is 0 Å². The summed E-state index contributed by atoms with van der Waals surface area (Å²) in [6, 6.07) is 6.79. The molecule has 0 amide bonds. The molecule has 0 radical (unpaired) electrons. The molecule has 3 unspecified atom stereocenters. The Morgan fingerprint density at radius 3 is 2.53 bits per heavy atom. The van der Waals surface area contributed by atoms with Crippen LogP contribution in [0.5, 0.6) is 0 Å². The van der Waals surface area contributed by atoms with Crippen LogP contribution >= 0.6 is 22.6 Å². The molecule has 3 rings (SSSR count). The Balaban J connectivity index is 2.10. The van der Waals surface area contributed by atoms with Crippen molar-refractivity contribution in [2.45, 2.75) is 36.2 Å². The summed E-state index contributed by atoms with van der Waals surface area (Å²) < 4.78 is 52.5. The normalized spacial score (nSPS) is 22.0. The fourth-order valence-electron chi connectivity index (χ4n) is 3.87. The summed E-state index contributed by atoms with van der Waals surface area (Å²) in [6.45, 7) is -0.715. The standard InChI is InChI=1S/C19H22F2IN3O4S/c20-11-3-10(8-23)18(14-7-19(14,30(24,28)29)6-13(27)9-26)17(4-11)25-16-2-1-12(22)5-15(16)21/h1-5,13-14,25-27H,6-9,23H2,(H2,24,28,29). The molecule has 1 saturated carbocycles. The Morgan fingerprint density at radius 2 is 1.97 bits per heavy atom. The molecule has 7 N–H and O–H groups in total. The summed E-state index contributed by atoms with van der Waals surface area (Å²) in [7, 11) is -4.14. The predicted octanol–water partition coefficient (Wildman–Crippen LogP) is 2.03. The molecular weight excluding hydrogens is 531 g/mol. The van der Waals surface area contributed by atoms with Crippen molar-refractivity contribution in [3.63, 3.8) is 0 Å². The van der Waals surface area contributed by atoms with Crippen LogP contribution in [-0.2, 0) is 16.6 Å². The van der Waals surface area contributed by atoms with Crippen molar-refractivity contribution in [1.29, 1.82) is 0 Å². The summed E-state index contributed by atoms with van der Waals surface area (Å²) in [4.78, 5) is 0. The number of aliphatic hydroxyl groups excluding tert-OH is 2. The summed E-state index contributed by atoms with van der Waals surface area (Å²) in [5, 5.41) is 27.4. The van der Waals surface area contributed by atoms with Crippen molar-refractivity contribution in [2.75, 3.05) is 11.9 Å². The van der Waals surface area contributed by atoms with Crippen molar-refractivity contribution in [2.24, 2.45) is 10.9 Å². The number of nitrogens with two attached hydrogens (primary N) is 2. The third-order valence-electron chi connectivity index (χ3n) is 5.38. The van der Waals surface area contributed by atoms with Gasteiger partial charge in [0.1, 0.15) is 11.6 Å². The highest BCUT2D eigenvalue weighted by molar-refractivity contribution is 14.1. The van der Waals surface area contributed by atoms with Crippen LogP contribution in [0.2, 0.25) is 0 Å². The zero-order valence-corrected chi connectivity index (χ0v) is 18.8. The molecule has 0 aliphatic heterocycles. The lowest BCUT2D eigenvalue weighted by Gasteiger charge is -2.22. The van der Waals surface area contributed by atoms with Gasteiger partial charge in [-0.1, -0.05) is 0 Å². The van der Waals surface area contributed by atoms with E-state index in [-0.39, 0.29) is 30.8 Å². The fourth-order valence-corrected chi connectivity index (χ4v) is 5.66. The van der Waals surface area contributed by atoms with Crippen LogP contribution in [0, 0.1) is 15.2 Å². The quantitative estimate of drug-likeness (QED) is 0.317. The number of hydrogen-bond donors (Lipinski definition) is 5. The Bertz CT molecular complexity index is 1070. The number of primary sulfonamides is 1. The van der Waals surface area contributed by atoms with E-state index in [0.717, 1.165) is 6.07 Å². The number of anilines is 2. The Hall–Kier alpha value is -1.38. The molecule has 11 heteroatoms. The zero-order chi connectivity index (χ0) is 22.3. The van der Waals surface area contributed by atoms with Crippen LogP contribution in [0.1, 0.15) is 29.9 Å². The van der Waals surface area contributed by atoms with Gasteiger partial charge in [-0.25, -0.2) is 22.3 Å². The number of nitrogens with one attached hydrogen (secondary N) is 1. The second-order valence-corrected chi connectivity index (χ2v) is 10.5. The second-order valence-electron chi connectivity index (χ2n) is 7.39. The van der Waals surface area contributed by atoms with Crippen molar-refractivity contribution >= 4 is 44.0 Å². The SMILES string of the molecule is NCc1cc(F)cc(Nc2ccc(I)cc2F)c1C1CC1(CC(O)CO)S(N)(=O)=O. The molecule has 164 valence electrons. The number of halogens is 3. The van der Waals surface area contributed by atoms with E-state index in [4.69, 9.17) is 10.9 Å².